The number of esters is 3. The third-order valence-corrected chi connectivity index (χ3v) is 4.94. The van der Waals surface area contributed by atoms with Crippen LogP contribution in [0.25, 0.3) is 0 Å². The number of rotatable bonds is 12. The minimum absolute atomic E-state index is 0.0480. The molecule has 9 nitrogen and oxygen atoms in total. The number of phenolic OH excluding ortho intramolecular Hbond substituents is 1. The molecule has 0 unspecified atom stereocenters. The molecule has 0 spiro atoms. The Balaban J connectivity index is 1.45. The molecule has 9 heteroatoms. The van der Waals surface area contributed by atoms with Crippen LogP contribution in [-0.2, 0) is 14.4 Å². The van der Waals surface area contributed by atoms with Crippen LogP contribution in [-0.4, -0.2) is 36.2 Å². The average molecular weight is 507 g/mol. The molecule has 192 valence electrons. The molecule has 0 atom stereocenters. The molecule has 0 fully saturated rings. The van der Waals surface area contributed by atoms with Gasteiger partial charge in [0.25, 0.3) is 0 Å². The lowest BCUT2D eigenvalue weighted by Crippen LogP contribution is -2.10. The number of carbonyl (C=O) groups is 3. The normalized spacial score (nSPS) is 10.3. The quantitative estimate of drug-likeness (QED) is 0.0908. The Bertz CT molecular complexity index is 1230. The molecule has 1 N–H and O–H groups in total. The molecular weight excluding hydrogens is 480 g/mol. The number of hydrogen-bond acceptors (Lipinski definition) is 9. The molecule has 0 heterocycles. The maximum Gasteiger partial charge on any atom is 0.343 e. The summed E-state index contributed by atoms with van der Waals surface area (Å²) < 4.78 is 15.7. The highest BCUT2D eigenvalue weighted by Crippen LogP contribution is 2.25. The lowest BCUT2D eigenvalue weighted by molar-refractivity contribution is -0.207. The fourth-order valence-electron chi connectivity index (χ4n) is 2.97. The van der Waals surface area contributed by atoms with Gasteiger partial charge in [-0.15, -0.1) is 0 Å². The Kier molecular flexibility index (Phi) is 9.81. The molecule has 37 heavy (non-hydrogen) atoms. The number of carbonyl (C=O) groups excluding carboxylic acids is 3. The predicted octanol–water partition coefficient (Wildman–Crippen LogP) is 4.96. The van der Waals surface area contributed by atoms with Crippen LogP contribution in [0.1, 0.15) is 39.1 Å². The van der Waals surface area contributed by atoms with Crippen LogP contribution in [0, 0.1) is 6.92 Å². The number of unbranched alkanes of at least 4 members (excludes halogenated alkanes) is 1. The number of aryl methyl sites for hydroxylation is 1. The molecule has 0 saturated carbocycles. The van der Waals surface area contributed by atoms with Crippen molar-refractivity contribution >= 4 is 17.9 Å². The molecule has 0 radical (unpaired) electrons. The molecule has 3 aromatic carbocycles. The molecule has 0 aliphatic carbocycles. The second-order valence-corrected chi connectivity index (χ2v) is 7.76. The van der Waals surface area contributed by atoms with Crippen LogP contribution < -0.4 is 14.4 Å². The van der Waals surface area contributed by atoms with Gasteiger partial charge in [0.05, 0.1) is 24.3 Å². The molecule has 0 aliphatic heterocycles. The van der Waals surface area contributed by atoms with E-state index in [9.17, 15) is 19.5 Å². The van der Waals surface area contributed by atoms with Crippen molar-refractivity contribution in [3.8, 4) is 23.0 Å². The van der Waals surface area contributed by atoms with Gasteiger partial charge in [-0.05, 0) is 92.1 Å². The zero-order valence-electron chi connectivity index (χ0n) is 20.2. The number of phenols is 1. The maximum atomic E-state index is 12.5. The topological polar surface area (TPSA) is 118 Å². The van der Waals surface area contributed by atoms with E-state index in [-0.39, 0.29) is 23.7 Å². The van der Waals surface area contributed by atoms with Gasteiger partial charge in [-0.1, -0.05) is 6.58 Å². The van der Waals surface area contributed by atoms with Gasteiger partial charge in [-0.25, -0.2) is 14.4 Å². The van der Waals surface area contributed by atoms with E-state index in [1.54, 1.807) is 25.1 Å². The lowest BCUT2D eigenvalue weighted by Gasteiger charge is -2.10. The van der Waals surface area contributed by atoms with Gasteiger partial charge in [0.15, 0.2) is 5.75 Å². The maximum absolute atomic E-state index is 12.5. The Labute approximate surface area is 213 Å². The molecular formula is C28H26O9. The van der Waals surface area contributed by atoms with Crippen molar-refractivity contribution < 1.29 is 43.5 Å². The molecule has 0 aromatic heterocycles. The van der Waals surface area contributed by atoms with Crippen LogP contribution in [0.4, 0.5) is 0 Å². The molecule has 3 aromatic rings. The Hall–Kier alpha value is -4.63. The van der Waals surface area contributed by atoms with Crippen molar-refractivity contribution in [1.82, 2.24) is 0 Å². The Morgan fingerprint density at radius 3 is 2.05 bits per heavy atom. The first-order valence-corrected chi connectivity index (χ1v) is 11.4. The third kappa shape index (κ3) is 8.52. The summed E-state index contributed by atoms with van der Waals surface area (Å²) in [7, 11) is 0. The van der Waals surface area contributed by atoms with E-state index in [0.717, 1.165) is 6.08 Å². The van der Waals surface area contributed by atoms with E-state index in [4.69, 9.17) is 24.0 Å². The first kappa shape index (κ1) is 27.0. The summed E-state index contributed by atoms with van der Waals surface area (Å²) in [6.45, 7) is 5.61. The van der Waals surface area contributed by atoms with E-state index in [1.807, 2.05) is 0 Å². The SMILES string of the molecule is C=CC(=O)OCCCCOOc1ccc(C(=O)Oc2ccc(OC(=O)c3ccc(O)cc3)c(C)c2)cc1. The second-order valence-electron chi connectivity index (χ2n) is 7.76. The van der Waals surface area contributed by atoms with E-state index in [2.05, 4.69) is 6.58 Å². The molecule has 0 aliphatic rings. The minimum Gasteiger partial charge on any atom is -0.508 e. The zero-order valence-corrected chi connectivity index (χ0v) is 20.2. The summed E-state index contributed by atoms with van der Waals surface area (Å²) >= 11 is 0. The van der Waals surface area contributed by atoms with Crippen LogP contribution in [0.15, 0.2) is 79.4 Å². The van der Waals surface area contributed by atoms with Gasteiger partial charge in [0.2, 0.25) is 0 Å². The lowest BCUT2D eigenvalue weighted by atomic mass is 10.2. The van der Waals surface area contributed by atoms with E-state index >= 15 is 0 Å². The fourth-order valence-corrected chi connectivity index (χ4v) is 2.97. The van der Waals surface area contributed by atoms with Crippen molar-refractivity contribution in [1.29, 1.82) is 0 Å². The van der Waals surface area contributed by atoms with Crippen LogP contribution in [0.2, 0.25) is 0 Å². The van der Waals surface area contributed by atoms with Crippen LogP contribution in [0.3, 0.4) is 0 Å². The van der Waals surface area contributed by atoms with Crippen molar-refractivity contribution in [2.24, 2.45) is 0 Å². The summed E-state index contributed by atoms with van der Waals surface area (Å²) in [4.78, 5) is 46.0. The van der Waals surface area contributed by atoms with Gasteiger partial charge in [0, 0.05) is 6.08 Å². The summed E-state index contributed by atoms with van der Waals surface area (Å²) in [5, 5.41) is 9.34. The summed E-state index contributed by atoms with van der Waals surface area (Å²) in [6.07, 6.45) is 2.36. The van der Waals surface area contributed by atoms with Gasteiger partial charge in [-0.2, -0.15) is 4.89 Å². The van der Waals surface area contributed by atoms with Crippen LogP contribution in [0.5, 0.6) is 23.0 Å². The van der Waals surface area contributed by atoms with Gasteiger partial charge >= 0.3 is 17.9 Å². The molecule has 0 bridgehead atoms. The number of aromatic hydroxyl groups is 1. The highest BCUT2D eigenvalue weighted by Gasteiger charge is 2.13. The first-order chi connectivity index (χ1) is 17.9. The predicted molar refractivity (Wildman–Crippen MR) is 133 cm³/mol. The van der Waals surface area contributed by atoms with E-state index in [0.29, 0.717) is 42.1 Å². The number of hydrogen-bond donors (Lipinski definition) is 1. The fraction of sp³-hybridized carbons (Fsp3) is 0.179. The summed E-state index contributed by atoms with van der Waals surface area (Å²) in [6, 6.07) is 16.6. The molecule has 3 rings (SSSR count). The average Bonchev–Trinajstić information content (AvgIpc) is 2.90. The van der Waals surface area contributed by atoms with Gasteiger partial charge in [0.1, 0.15) is 17.2 Å². The van der Waals surface area contributed by atoms with Crippen molar-refractivity contribution in [3.05, 3.63) is 96.1 Å². The second kappa shape index (κ2) is 13.5. The van der Waals surface area contributed by atoms with Gasteiger partial charge in [-0.3, -0.25) is 0 Å². The highest BCUT2D eigenvalue weighted by molar-refractivity contribution is 5.92. The van der Waals surface area contributed by atoms with E-state index < -0.39 is 17.9 Å². The third-order valence-electron chi connectivity index (χ3n) is 4.94. The standard InChI is InChI=1S/C28H26O9/c1-3-26(30)33-16-4-5-17-34-37-23-12-8-21(9-13-23)27(31)35-24-14-15-25(19(2)18-24)36-28(32)20-6-10-22(29)11-7-20/h3,6-15,18,29H,1,4-5,16-17H2,2H3. The molecule has 0 amide bonds. The Morgan fingerprint density at radius 2 is 1.41 bits per heavy atom. The minimum atomic E-state index is -0.576. The molecule has 0 saturated heterocycles. The number of benzene rings is 3. The highest BCUT2D eigenvalue weighted by atomic mass is 17.2. The van der Waals surface area contributed by atoms with Crippen LogP contribution >= 0.6 is 0 Å². The summed E-state index contributed by atoms with van der Waals surface area (Å²) in [5.74, 6) is -0.554. The smallest absolute Gasteiger partial charge is 0.343 e. The Morgan fingerprint density at radius 1 is 0.811 bits per heavy atom. The first-order valence-electron chi connectivity index (χ1n) is 11.4. The zero-order chi connectivity index (χ0) is 26.6. The largest absolute Gasteiger partial charge is 0.508 e. The summed E-state index contributed by atoms with van der Waals surface area (Å²) in [5.41, 5.74) is 1.19. The monoisotopic (exact) mass is 506 g/mol. The number of ether oxygens (including phenoxy) is 3. The van der Waals surface area contributed by atoms with E-state index in [1.165, 1.54) is 48.5 Å². The van der Waals surface area contributed by atoms with Crippen molar-refractivity contribution in [2.75, 3.05) is 13.2 Å². The van der Waals surface area contributed by atoms with Crippen molar-refractivity contribution in [2.45, 2.75) is 19.8 Å². The van der Waals surface area contributed by atoms with Crippen molar-refractivity contribution in [3.63, 3.8) is 0 Å². The van der Waals surface area contributed by atoms with Gasteiger partial charge < -0.3 is 24.2 Å².